The second kappa shape index (κ2) is 8.44. The van der Waals surface area contributed by atoms with Crippen molar-refractivity contribution in [1.29, 1.82) is 0 Å². The zero-order valence-corrected chi connectivity index (χ0v) is 15.3. The molecule has 0 rings (SSSR count). The van der Waals surface area contributed by atoms with E-state index in [-0.39, 0.29) is 25.3 Å². The third-order valence-corrected chi connectivity index (χ3v) is 4.29. The topological polar surface area (TPSA) is 49.7 Å². The molecule has 0 aliphatic carbocycles. The van der Waals surface area contributed by atoms with Crippen molar-refractivity contribution in [1.82, 2.24) is 0 Å². The van der Waals surface area contributed by atoms with E-state index in [9.17, 15) is 10.2 Å². The number of aliphatic hydroxyl groups excluding tert-OH is 2. The van der Waals surface area contributed by atoms with Crippen molar-refractivity contribution in [2.75, 3.05) is 55.5 Å². The highest BCUT2D eigenvalue weighted by Crippen LogP contribution is 2.15. The second-order valence-electron chi connectivity index (χ2n) is 7.86. The molecule has 0 aromatic heterocycles. The second-order valence-corrected chi connectivity index (χ2v) is 7.86. The van der Waals surface area contributed by atoms with Gasteiger partial charge in [0.15, 0.2) is 0 Å². The molecule has 0 aromatic carbocycles. The summed E-state index contributed by atoms with van der Waals surface area (Å²) in [6.45, 7) is 4.71. The molecular formula is C16H38N2O3+2. The normalized spacial score (nSPS) is 19.1. The van der Waals surface area contributed by atoms with Gasteiger partial charge in [0.05, 0.1) is 55.5 Å². The van der Waals surface area contributed by atoms with Gasteiger partial charge in [0.2, 0.25) is 0 Å². The Kier molecular flexibility index (Phi) is 8.36. The molecule has 2 N–H and O–H groups in total. The molecule has 4 unspecified atom stereocenters. The van der Waals surface area contributed by atoms with Crippen molar-refractivity contribution in [3.63, 3.8) is 0 Å². The minimum Gasteiger partial charge on any atom is -0.384 e. The van der Waals surface area contributed by atoms with Crippen molar-refractivity contribution in [3.8, 4) is 0 Å². The van der Waals surface area contributed by atoms with Gasteiger partial charge in [-0.05, 0) is 12.8 Å². The van der Waals surface area contributed by atoms with Crippen LogP contribution in [0.4, 0.5) is 0 Å². The fourth-order valence-electron chi connectivity index (χ4n) is 3.20. The van der Waals surface area contributed by atoms with Crippen LogP contribution in [-0.4, -0.2) is 99.0 Å². The molecule has 0 spiro atoms. The molecule has 0 fully saturated rings. The molecule has 0 radical (unpaired) electrons. The van der Waals surface area contributed by atoms with Gasteiger partial charge in [0.1, 0.15) is 24.3 Å². The molecule has 0 saturated carbocycles. The summed E-state index contributed by atoms with van der Waals surface area (Å²) < 4.78 is 7.01. The summed E-state index contributed by atoms with van der Waals surface area (Å²) in [5.41, 5.74) is 0. The van der Waals surface area contributed by atoms with Gasteiger partial charge in [-0.15, -0.1) is 0 Å². The largest absolute Gasteiger partial charge is 0.384 e. The lowest BCUT2D eigenvalue weighted by Crippen LogP contribution is -2.54. The number of hydrogen-bond donors (Lipinski definition) is 2. The highest BCUT2D eigenvalue weighted by molar-refractivity contribution is 4.70. The Labute approximate surface area is 131 Å². The van der Waals surface area contributed by atoms with E-state index in [0.717, 1.165) is 12.8 Å². The highest BCUT2D eigenvalue weighted by Gasteiger charge is 2.32. The van der Waals surface area contributed by atoms with Gasteiger partial charge in [-0.1, -0.05) is 13.8 Å². The number of nitrogens with zero attached hydrogens (tertiary/aromatic N) is 2. The van der Waals surface area contributed by atoms with Gasteiger partial charge < -0.3 is 23.9 Å². The van der Waals surface area contributed by atoms with Crippen LogP contribution >= 0.6 is 0 Å². The van der Waals surface area contributed by atoms with Crippen molar-refractivity contribution >= 4 is 0 Å². The summed E-state index contributed by atoms with van der Waals surface area (Å²) in [6, 6.07) is 0.282. The number of rotatable bonds is 10. The van der Waals surface area contributed by atoms with E-state index < -0.39 is 12.2 Å². The minimum absolute atomic E-state index is 0.141. The molecule has 0 amide bonds. The lowest BCUT2D eigenvalue weighted by atomic mass is 10.1. The van der Waals surface area contributed by atoms with E-state index in [1.165, 1.54) is 0 Å². The smallest absolute Gasteiger partial charge is 0.129 e. The molecule has 0 heterocycles. The van der Waals surface area contributed by atoms with Crippen LogP contribution in [0, 0.1) is 0 Å². The SMILES string of the molecule is CCC(C(O)COCC(O)C(CC)[N+](C)(C)C)[N+](C)(C)C. The van der Waals surface area contributed by atoms with E-state index in [0.29, 0.717) is 8.97 Å². The number of hydrogen-bond acceptors (Lipinski definition) is 3. The van der Waals surface area contributed by atoms with Crippen molar-refractivity contribution in [3.05, 3.63) is 0 Å². The maximum absolute atomic E-state index is 10.3. The van der Waals surface area contributed by atoms with Gasteiger partial charge in [-0.3, -0.25) is 0 Å². The molecule has 4 atom stereocenters. The molecule has 0 aromatic rings. The van der Waals surface area contributed by atoms with Gasteiger partial charge >= 0.3 is 0 Å². The summed E-state index contributed by atoms with van der Waals surface area (Å²) in [7, 11) is 12.5. The third-order valence-electron chi connectivity index (χ3n) is 4.29. The summed E-state index contributed by atoms with van der Waals surface area (Å²) in [6.07, 6.45) is 0.776. The predicted octanol–water partition coefficient (Wildman–Crippen LogP) is 0.694. The van der Waals surface area contributed by atoms with Crippen LogP contribution in [0.25, 0.3) is 0 Å². The number of likely N-dealkylation sites (N-methyl/N-ethyl adjacent to an activating group) is 2. The third kappa shape index (κ3) is 7.06. The molecule has 5 nitrogen and oxygen atoms in total. The van der Waals surface area contributed by atoms with E-state index in [4.69, 9.17) is 4.74 Å². The average molecular weight is 306 g/mol. The van der Waals surface area contributed by atoms with Crippen LogP contribution < -0.4 is 0 Å². The van der Waals surface area contributed by atoms with Crippen LogP contribution in [0.2, 0.25) is 0 Å². The number of ether oxygens (including phenoxy) is 1. The van der Waals surface area contributed by atoms with Gasteiger partial charge in [-0.2, -0.15) is 0 Å². The molecule has 0 saturated heterocycles. The van der Waals surface area contributed by atoms with Crippen LogP contribution in [0.3, 0.4) is 0 Å². The Balaban J connectivity index is 4.36. The van der Waals surface area contributed by atoms with Crippen molar-refractivity contribution in [2.24, 2.45) is 0 Å². The zero-order valence-electron chi connectivity index (χ0n) is 15.3. The number of quaternary nitrogens is 2. The van der Waals surface area contributed by atoms with E-state index in [1.807, 2.05) is 0 Å². The predicted molar refractivity (Wildman–Crippen MR) is 87.1 cm³/mol. The molecule has 0 aliphatic rings. The fourth-order valence-corrected chi connectivity index (χ4v) is 3.20. The van der Waals surface area contributed by atoms with E-state index >= 15 is 0 Å². The fraction of sp³-hybridized carbons (Fsp3) is 1.00. The van der Waals surface area contributed by atoms with Gasteiger partial charge in [-0.25, -0.2) is 0 Å². The quantitative estimate of drug-likeness (QED) is 0.584. The van der Waals surface area contributed by atoms with Gasteiger partial charge in [0.25, 0.3) is 0 Å². The van der Waals surface area contributed by atoms with Crippen molar-refractivity contribution < 1.29 is 23.9 Å². The minimum atomic E-state index is -0.508. The van der Waals surface area contributed by atoms with Crippen LogP contribution in [0.1, 0.15) is 26.7 Å². The molecule has 5 heteroatoms. The Hall–Kier alpha value is -0.200. The lowest BCUT2D eigenvalue weighted by molar-refractivity contribution is -0.900. The van der Waals surface area contributed by atoms with E-state index in [2.05, 4.69) is 56.1 Å². The first-order valence-electron chi connectivity index (χ1n) is 8.01. The van der Waals surface area contributed by atoms with Crippen molar-refractivity contribution in [2.45, 2.75) is 51.0 Å². The molecule has 21 heavy (non-hydrogen) atoms. The Morgan fingerprint density at radius 2 is 1.00 bits per heavy atom. The maximum atomic E-state index is 10.3. The Morgan fingerprint density at radius 1 is 0.714 bits per heavy atom. The summed E-state index contributed by atoms with van der Waals surface area (Å²) in [5.74, 6) is 0. The highest BCUT2D eigenvalue weighted by atomic mass is 16.5. The van der Waals surface area contributed by atoms with E-state index in [1.54, 1.807) is 0 Å². The standard InChI is InChI=1S/C16H38N2O3/c1-9-13(17(3,4)5)15(19)11-21-12-16(20)14(10-2)18(6,7)8/h13-16,19-20H,9-12H2,1-8H3/q+2. The zero-order chi connectivity index (χ0) is 16.8. The molecular weight excluding hydrogens is 268 g/mol. The van der Waals surface area contributed by atoms with Crippen LogP contribution in [0.15, 0.2) is 0 Å². The summed E-state index contributed by atoms with van der Waals surface area (Å²) >= 11 is 0. The molecule has 0 bridgehead atoms. The Morgan fingerprint density at radius 3 is 1.19 bits per heavy atom. The molecule has 0 aliphatic heterocycles. The average Bonchev–Trinajstić information content (AvgIpc) is 2.26. The van der Waals surface area contributed by atoms with Crippen LogP contribution in [-0.2, 0) is 4.74 Å². The van der Waals surface area contributed by atoms with Crippen LogP contribution in [0.5, 0.6) is 0 Å². The first-order valence-corrected chi connectivity index (χ1v) is 8.01. The summed E-state index contributed by atoms with van der Waals surface area (Å²) in [4.78, 5) is 0. The Bertz CT molecular complexity index is 256. The number of aliphatic hydroxyl groups is 2. The monoisotopic (exact) mass is 306 g/mol. The lowest BCUT2D eigenvalue weighted by Gasteiger charge is -2.37. The molecule has 128 valence electrons. The maximum Gasteiger partial charge on any atom is 0.129 e. The first-order chi connectivity index (χ1) is 9.45. The first kappa shape index (κ1) is 20.8. The van der Waals surface area contributed by atoms with Gasteiger partial charge in [0, 0.05) is 0 Å². The summed E-state index contributed by atoms with van der Waals surface area (Å²) in [5, 5.41) is 20.6.